The second kappa shape index (κ2) is 7.83. The summed E-state index contributed by atoms with van der Waals surface area (Å²) >= 11 is 0. The van der Waals surface area contributed by atoms with Crippen LogP contribution >= 0.6 is 0 Å². The zero-order valence-corrected chi connectivity index (χ0v) is 16.1. The van der Waals surface area contributed by atoms with E-state index in [2.05, 4.69) is 26.9 Å². The lowest BCUT2D eigenvalue weighted by Gasteiger charge is -2.32. The number of aromatic nitrogens is 3. The fourth-order valence-corrected chi connectivity index (χ4v) is 3.53. The lowest BCUT2D eigenvalue weighted by atomic mass is 10.2. The van der Waals surface area contributed by atoms with Gasteiger partial charge in [0.25, 0.3) is 0 Å². The molecule has 0 saturated carbocycles. The number of hydrogen-bond donors (Lipinski definition) is 1. The topological polar surface area (TPSA) is 97.4 Å². The number of aryl methyl sites for hydroxylation is 1. The monoisotopic (exact) mass is 378 g/mol. The lowest BCUT2D eigenvalue weighted by Crippen LogP contribution is -2.45. The summed E-state index contributed by atoms with van der Waals surface area (Å²) in [7, 11) is -1.55. The molecule has 1 aromatic carbocycles. The Labute approximate surface area is 154 Å². The molecule has 142 valence electrons. The van der Waals surface area contributed by atoms with E-state index in [1.54, 1.807) is 12.1 Å². The minimum atomic E-state index is -3.70. The summed E-state index contributed by atoms with van der Waals surface area (Å²) in [5.41, 5.74) is 0.790. The molecular formula is C17H26N6O2S. The van der Waals surface area contributed by atoms with Gasteiger partial charge >= 0.3 is 0 Å². The number of primary sulfonamides is 1. The van der Waals surface area contributed by atoms with E-state index in [0.717, 1.165) is 62.9 Å². The van der Waals surface area contributed by atoms with Crippen LogP contribution in [0.2, 0.25) is 0 Å². The Morgan fingerprint density at radius 1 is 1.12 bits per heavy atom. The number of sulfonamides is 1. The molecule has 0 radical (unpaired) electrons. The molecule has 0 amide bonds. The van der Waals surface area contributed by atoms with E-state index in [9.17, 15) is 8.42 Å². The molecule has 2 aromatic rings. The molecule has 1 aliphatic heterocycles. The van der Waals surface area contributed by atoms with E-state index in [1.165, 1.54) is 12.1 Å². The van der Waals surface area contributed by atoms with Crippen LogP contribution in [-0.4, -0.2) is 72.8 Å². The molecule has 0 aliphatic carbocycles. The maximum Gasteiger partial charge on any atom is 0.238 e. The van der Waals surface area contributed by atoms with E-state index < -0.39 is 10.0 Å². The molecule has 2 heterocycles. The van der Waals surface area contributed by atoms with Gasteiger partial charge in [0.15, 0.2) is 5.82 Å². The van der Waals surface area contributed by atoms with Gasteiger partial charge < -0.3 is 9.80 Å². The van der Waals surface area contributed by atoms with Gasteiger partial charge in [-0.1, -0.05) is 6.92 Å². The lowest BCUT2D eigenvalue weighted by molar-refractivity contribution is 0.154. The predicted octanol–water partition coefficient (Wildman–Crippen LogP) is 0.267. The molecular weight excluding hydrogens is 352 g/mol. The van der Waals surface area contributed by atoms with Gasteiger partial charge in [0.05, 0.1) is 10.6 Å². The average molecular weight is 379 g/mol. The first kappa shape index (κ1) is 19.0. The molecule has 0 spiro atoms. The summed E-state index contributed by atoms with van der Waals surface area (Å²) < 4.78 is 24.7. The maximum absolute atomic E-state index is 11.4. The summed E-state index contributed by atoms with van der Waals surface area (Å²) in [5.74, 6) is 1.68. The van der Waals surface area contributed by atoms with Crippen LogP contribution in [-0.2, 0) is 22.9 Å². The summed E-state index contributed by atoms with van der Waals surface area (Å²) in [6.45, 7) is 7.26. The van der Waals surface area contributed by atoms with Crippen LogP contribution in [0.4, 0.5) is 0 Å². The van der Waals surface area contributed by atoms with Gasteiger partial charge in [-0.3, -0.25) is 0 Å². The summed E-state index contributed by atoms with van der Waals surface area (Å²) in [6, 6.07) is 6.44. The number of piperazine rings is 1. The maximum atomic E-state index is 11.4. The Morgan fingerprint density at radius 2 is 1.77 bits per heavy atom. The Hall–Kier alpha value is -1.81. The summed E-state index contributed by atoms with van der Waals surface area (Å²) in [4.78, 5) is 9.51. The summed E-state index contributed by atoms with van der Waals surface area (Å²) in [6.07, 6.45) is 1.55. The van der Waals surface area contributed by atoms with Crippen LogP contribution in [0.25, 0.3) is 5.69 Å². The van der Waals surface area contributed by atoms with Crippen molar-refractivity contribution in [3.05, 3.63) is 35.9 Å². The average Bonchev–Trinajstić information content (AvgIpc) is 3.04. The highest BCUT2D eigenvalue weighted by Crippen LogP contribution is 2.15. The third-order valence-electron chi connectivity index (χ3n) is 4.69. The van der Waals surface area contributed by atoms with Crippen molar-refractivity contribution in [2.75, 3.05) is 39.8 Å². The van der Waals surface area contributed by atoms with Gasteiger partial charge in [-0.2, -0.15) is 5.10 Å². The van der Waals surface area contributed by atoms with Gasteiger partial charge in [0.2, 0.25) is 10.0 Å². The molecule has 8 nitrogen and oxygen atoms in total. The largest absolute Gasteiger partial charge is 0.304 e. The second-order valence-corrected chi connectivity index (χ2v) is 8.20. The van der Waals surface area contributed by atoms with Crippen molar-refractivity contribution in [1.29, 1.82) is 0 Å². The van der Waals surface area contributed by atoms with Crippen molar-refractivity contribution in [3.8, 4) is 5.69 Å². The minimum Gasteiger partial charge on any atom is -0.304 e. The van der Waals surface area contributed by atoms with Crippen molar-refractivity contribution in [2.45, 2.75) is 24.7 Å². The van der Waals surface area contributed by atoms with Gasteiger partial charge in [-0.25, -0.2) is 23.2 Å². The van der Waals surface area contributed by atoms with Crippen molar-refractivity contribution in [3.63, 3.8) is 0 Å². The second-order valence-electron chi connectivity index (χ2n) is 6.64. The number of nitrogens with zero attached hydrogens (tertiary/aromatic N) is 5. The van der Waals surface area contributed by atoms with Gasteiger partial charge in [0.1, 0.15) is 5.82 Å². The molecule has 1 aliphatic rings. The van der Waals surface area contributed by atoms with Crippen LogP contribution in [0, 0.1) is 0 Å². The first-order valence-electron chi connectivity index (χ1n) is 8.86. The van der Waals surface area contributed by atoms with Crippen molar-refractivity contribution in [2.24, 2.45) is 5.14 Å². The molecule has 9 heteroatoms. The van der Waals surface area contributed by atoms with Crippen molar-refractivity contribution < 1.29 is 8.42 Å². The minimum absolute atomic E-state index is 0.0936. The van der Waals surface area contributed by atoms with E-state index >= 15 is 0 Å². The summed E-state index contributed by atoms with van der Waals surface area (Å²) in [5, 5.41) is 9.73. The van der Waals surface area contributed by atoms with Crippen LogP contribution in [0.5, 0.6) is 0 Å². The van der Waals surface area contributed by atoms with E-state index in [0.29, 0.717) is 0 Å². The van der Waals surface area contributed by atoms with Gasteiger partial charge in [-0.05, 0) is 31.3 Å². The quantitative estimate of drug-likeness (QED) is 0.775. The van der Waals surface area contributed by atoms with Crippen molar-refractivity contribution >= 4 is 10.0 Å². The molecule has 1 aromatic heterocycles. The molecule has 1 fully saturated rings. The first-order valence-corrected chi connectivity index (χ1v) is 10.4. The highest BCUT2D eigenvalue weighted by molar-refractivity contribution is 7.89. The molecule has 1 saturated heterocycles. The molecule has 0 bridgehead atoms. The Morgan fingerprint density at radius 3 is 2.35 bits per heavy atom. The van der Waals surface area contributed by atoms with Gasteiger partial charge in [0, 0.05) is 45.6 Å². The number of benzene rings is 1. The van der Waals surface area contributed by atoms with Gasteiger partial charge in [-0.15, -0.1) is 0 Å². The van der Waals surface area contributed by atoms with Crippen molar-refractivity contribution in [1.82, 2.24) is 24.6 Å². The fourth-order valence-electron chi connectivity index (χ4n) is 3.02. The number of likely N-dealkylation sites (N-methyl/N-ethyl adjacent to an activating group) is 1. The zero-order valence-electron chi connectivity index (χ0n) is 15.3. The third kappa shape index (κ3) is 4.47. The Balaban J connectivity index is 1.77. The Kier molecular flexibility index (Phi) is 5.71. The normalized spacial score (nSPS) is 16.9. The number of rotatable bonds is 6. The van der Waals surface area contributed by atoms with Crippen LogP contribution < -0.4 is 5.14 Å². The predicted molar refractivity (Wildman–Crippen MR) is 99.8 cm³/mol. The smallest absolute Gasteiger partial charge is 0.238 e. The van der Waals surface area contributed by atoms with Crippen LogP contribution in [0.1, 0.15) is 18.6 Å². The highest BCUT2D eigenvalue weighted by atomic mass is 32.2. The van der Waals surface area contributed by atoms with E-state index in [1.807, 2.05) is 11.6 Å². The Bertz CT molecular complexity index is 839. The van der Waals surface area contributed by atoms with E-state index in [-0.39, 0.29) is 4.90 Å². The molecule has 0 unspecified atom stereocenters. The molecule has 2 N–H and O–H groups in total. The van der Waals surface area contributed by atoms with Crippen LogP contribution in [0.3, 0.4) is 0 Å². The SMILES string of the molecule is CCc1nc(CCN2CCN(C)CC2)n(-c2ccc(S(N)(=O)=O)cc2)n1. The number of nitrogens with two attached hydrogens (primary N) is 1. The zero-order chi connectivity index (χ0) is 18.7. The standard InChI is InChI=1S/C17H26N6O2S/c1-3-16-19-17(8-9-22-12-10-21(2)11-13-22)23(20-16)14-4-6-15(7-5-14)26(18,24)25/h4-7H,3,8-13H2,1-2H3,(H2,18,24,25). The highest BCUT2D eigenvalue weighted by Gasteiger charge is 2.17. The van der Waals surface area contributed by atoms with Crippen LogP contribution in [0.15, 0.2) is 29.2 Å². The first-order chi connectivity index (χ1) is 12.4. The molecule has 3 rings (SSSR count). The third-order valence-corrected chi connectivity index (χ3v) is 5.62. The molecule has 0 atom stereocenters. The number of hydrogen-bond acceptors (Lipinski definition) is 6. The van der Waals surface area contributed by atoms with E-state index in [4.69, 9.17) is 5.14 Å². The molecule has 26 heavy (non-hydrogen) atoms. The fraction of sp³-hybridized carbons (Fsp3) is 0.529.